The molecule has 0 saturated carbocycles. The van der Waals surface area contributed by atoms with E-state index >= 15 is 0 Å². The monoisotopic (exact) mass is 410 g/mol. The lowest BCUT2D eigenvalue weighted by Gasteiger charge is -2.10. The van der Waals surface area contributed by atoms with Crippen molar-refractivity contribution in [3.63, 3.8) is 0 Å². The molecule has 146 valence electrons. The molecule has 0 spiro atoms. The van der Waals surface area contributed by atoms with Gasteiger partial charge >= 0.3 is 6.18 Å². The van der Waals surface area contributed by atoms with Gasteiger partial charge in [0.25, 0.3) is 5.91 Å². The predicted octanol–water partition coefficient (Wildman–Crippen LogP) is 3.92. The average molecular weight is 411 g/mol. The topological polar surface area (TPSA) is 89.5 Å². The smallest absolute Gasteiger partial charge is 0.366 e. The maximum absolute atomic E-state index is 13.1. The normalized spacial score (nSPS) is 11.6. The van der Waals surface area contributed by atoms with Crippen molar-refractivity contribution in [2.75, 3.05) is 5.32 Å². The zero-order valence-electron chi connectivity index (χ0n) is 14.5. The summed E-state index contributed by atoms with van der Waals surface area (Å²) in [6, 6.07) is 6.53. The summed E-state index contributed by atoms with van der Waals surface area (Å²) in [7, 11) is 0. The number of carbonyl (C=O) groups is 2. The Kier molecular flexibility index (Phi) is 5.03. The van der Waals surface area contributed by atoms with Gasteiger partial charge in [-0.15, -0.1) is 0 Å². The molecule has 2 amide bonds. The lowest BCUT2D eigenvalue weighted by molar-refractivity contribution is -0.137. The average Bonchev–Trinajstić information content (AvgIpc) is 3.00. The molecule has 0 unspecified atom stereocenters. The summed E-state index contributed by atoms with van der Waals surface area (Å²) in [5.41, 5.74) is 5.06. The third-order valence-electron chi connectivity index (χ3n) is 4.05. The van der Waals surface area contributed by atoms with Gasteiger partial charge in [-0.1, -0.05) is 18.5 Å². The fourth-order valence-electron chi connectivity index (χ4n) is 2.70. The van der Waals surface area contributed by atoms with Crippen LogP contribution in [0.1, 0.15) is 39.0 Å². The molecule has 0 radical (unpaired) electrons. The van der Waals surface area contributed by atoms with Crippen LogP contribution < -0.4 is 11.1 Å². The molecule has 0 aliphatic heterocycles. The molecule has 0 fully saturated rings. The second kappa shape index (κ2) is 7.16. The number of alkyl halides is 3. The van der Waals surface area contributed by atoms with Gasteiger partial charge in [-0.25, -0.2) is 4.98 Å². The van der Waals surface area contributed by atoms with Crippen molar-refractivity contribution in [2.45, 2.75) is 19.5 Å². The van der Waals surface area contributed by atoms with Crippen LogP contribution in [0, 0.1) is 0 Å². The minimum Gasteiger partial charge on any atom is -0.366 e. The van der Waals surface area contributed by atoms with E-state index in [1.165, 1.54) is 24.3 Å². The van der Waals surface area contributed by atoms with E-state index < -0.39 is 23.6 Å². The van der Waals surface area contributed by atoms with E-state index in [4.69, 9.17) is 17.3 Å². The highest BCUT2D eigenvalue weighted by Gasteiger charge is 2.33. The highest BCUT2D eigenvalue weighted by atomic mass is 35.5. The maximum atomic E-state index is 13.1. The molecule has 0 atom stereocenters. The fraction of sp³-hybridized carbons (Fsp3) is 0.167. The number of aryl methyl sites for hydroxylation is 1. The molecule has 2 aromatic heterocycles. The number of anilines is 1. The molecule has 0 aliphatic rings. The molecule has 6 nitrogen and oxygen atoms in total. The SMILES string of the molecule is CCc1nc2c(Cl)cc(C(F)(F)F)cn2c1C(=O)Nc1ccc(C(N)=O)cc1. The van der Waals surface area contributed by atoms with E-state index in [1.54, 1.807) is 6.92 Å². The second-order valence-electron chi connectivity index (χ2n) is 5.92. The zero-order chi connectivity index (χ0) is 20.6. The second-order valence-corrected chi connectivity index (χ2v) is 6.33. The summed E-state index contributed by atoms with van der Waals surface area (Å²) in [6.45, 7) is 1.72. The lowest BCUT2D eigenvalue weighted by atomic mass is 10.2. The van der Waals surface area contributed by atoms with Crippen LogP contribution in [0.2, 0.25) is 5.02 Å². The summed E-state index contributed by atoms with van der Waals surface area (Å²) in [5.74, 6) is -1.28. The van der Waals surface area contributed by atoms with Gasteiger partial charge in [0, 0.05) is 17.4 Å². The van der Waals surface area contributed by atoms with Gasteiger partial charge in [0.05, 0.1) is 16.3 Å². The van der Waals surface area contributed by atoms with E-state index in [0.717, 1.165) is 16.7 Å². The molecule has 3 aromatic rings. The first kappa shape index (κ1) is 19.7. The maximum Gasteiger partial charge on any atom is 0.417 e. The molecule has 1 aromatic carbocycles. The van der Waals surface area contributed by atoms with Gasteiger partial charge in [0.2, 0.25) is 5.91 Å². The molecule has 0 bridgehead atoms. The number of aromatic nitrogens is 2. The molecular formula is C18H14ClF3N4O2. The van der Waals surface area contributed by atoms with E-state index in [1.807, 2.05) is 0 Å². The van der Waals surface area contributed by atoms with Crippen molar-refractivity contribution in [1.82, 2.24) is 9.38 Å². The number of primary amides is 1. The Morgan fingerprint density at radius 2 is 1.89 bits per heavy atom. The number of nitrogens with zero attached hydrogens (tertiary/aromatic N) is 2. The van der Waals surface area contributed by atoms with Crippen molar-refractivity contribution >= 4 is 34.7 Å². The van der Waals surface area contributed by atoms with E-state index in [2.05, 4.69) is 10.3 Å². The van der Waals surface area contributed by atoms with Crippen molar-refractivity contribution in [3.8, 4) is 0 Å². The highest BCUT2D eigenvalue weighted by Crippen LogP contribution is 2.33. The quantitative estimate of drug-likeness (QED) is 0.683. The Balaban J connectivity index is 2.06. The van der Waals surface area contributed by atoms with Gasteiger partial charge < -0.3 is 11.1 Å². The summed E-state index contributed by atoms with van der Waals surface area (Å²) < 4.78 is 40.4. The summed E-state index contributed by atoms with van der Waals surface area (Å²) in [6.07, 6.45) is -3.53. The molecule has 2 heterocycles. The van der Waals surface area contributed by atoms with E-state index in [9.17, 15) is 22.8 Å². The fourth-order valence-corrected chi connectivity index (χ4v) is 2.95. The van der Waals surface area contributed by atoms with Gasteiger partial charge in [-0.05, 0) is 36.8 Å². The number of benzene rings is 1. The molecule has 10 heteroatoms. The molecule has 0 saturated heterocycles. The van der Waals surface area contributed by atoms with Crippen LogP contribution in [-0.4, -0.2) is 21.2 Å². The highest BCUT2D eigenvalue weighted by molar-refractivity contribution is 6.33. The Bertz CT molecular complexity index is 1080. The lowest BCUT2D eigenvalue weighted by Crippen LogP contribution is -2.17. The first-order valence-corrected chi connectivity index (χ1v) is 8.48. The predicted molar refractivity (Wildman–Crippen MR) is 97.5 cm³/mol. The van der Waals surface area contributed by atoms with Crippen molar-refractivity contribution in [1.29, 1.82) is 0 Å². The summed E-state index contributed by atoms with van der Waals surface area (Å²) in [5, 5.41) is 2.37. The van der Waals surface area contributed by atoms with Crippen LogP contribution >= 0.6 is 11.6 Å². The molecule has 3 rings (SSSR count). The Hall–Kier alpha value is -3.07. The summed E-state index contributed by atoms with van der Waals surface area (Å²) >= 11 is 5.96. The minimum atomic E-state index is -4.63. The third-order valence-corrected chi connectivity index (χ3v) is 4.33. The van der Waals surface area contributed by atoms with Gasteiger partial charge in [0.1, 0.15) is 5.69 Å². The number of nitrogens with two attached hydrogens (primary N) is 1. The van der Waals surface area contributed by atoms with Crippen LogP contribution in [0.5, 0.6) is 0 Å². The minimum absolute atomic E-state index is 0.0514. The van der Waals surface area contributed by atoms with Crippen molar-refractivity contribution in [3.05, 3.63) is 64.1 Å². The first-order chi connectivity index (χ1) is 13.1. The van der Waals surface area contributed by atoms with Crippen LogP contribution in [0.3, 0.4) is 0 Å². The number of carbonyl (C=O) groups excluding carboxylic acids is 2. The van der Waals surface area contributed by atoms with Crippen molar-refractivity contribution < 1.29 is 22.8 Å². The van der Waals surface area contributed by atoms with Crippen LogP contribution in [0.15, 0.2) is 36.5 Å². The Labute approximate surface area is 162 Å². The van der Waals surface area contributed by atoms with Crippen LogP contribution in [0.4, 0.5) is 18.9 Å². The summed E-state index contributed by atoms with van der Waals surface area (Å²) in [4.78, 5) is 28.1. The molecular weight excluding hydrogens is 397 g/mol. The van der Waals surface area contributed by atoms with Gasteiger partial charge in [-0.2, -0.15) is 13.2 Å². The largest absolute Gasteiger partial charge is 0.417 e. The number of halogens is 4. The number of hydrogen-bond donors (Lipinski definition) is 2. The zero-order valence-corrected chi connectivity index (χ0v) is 15.2. The van der Waals surface area contributed by atoms with Crippen molar-refractivity contribution in [2.24, 2.45) is 5.73 Å². The standard InChI is InChI=1S/C18H14ClF3N4O2/c1-2-13-14(17(28)24-11-5-3-9(4-6-11)15(23)27)26-8-10(18(20,21)22)7-12(19)16(26)25-13/h3-8H,2H2,1H3,(H2,23,27)(H,24,28). The molecule has 3 N–H and O–H groups in total. The number of rotatable bonds is 4. The van der Waals surface area contributed by atoms with E-state index in [0.29, 0.717) is 17.8 Å². The van der Waals surface area contributed by atoms with Crippen LogP contribution in [-0.2, 0) is 12.6 Å². The van der Waals surface area contributed by atoms with E-state index in [-0.39, 0.29) is 21.9 Å². The van der Waals surface area contributed by atoms with Gasteiger partial charge in [0.15, 0.2) is 5.65 Å². The number of fused-ring (bicyclic) bond motifs is 1. The van der Waals surface area contributed by atoms with Gasteiger partial charge in [-0.3, -0.25) is 14.0 Å². The number of pyridine rings is 1. The number of hydrogen-bond acceptors (Lipinski definition) is 3. The number of imidazole rings is 1. The van der Waals surface area contributed by atoms with Crippen LogP contribution in [0.25, 0.3) is 5.65 Å². The number of nitrogens with one attached hydrogen (secondary N) is 1. The molecule has 28 heavy (non-hydrogen) atoms. The Morgan fingerprint density at radius 1 is 1.25 bits per heavy atom. The first-order valence-electron chi connectivity index (χ1n) is 8.10. The third kappa shape index (κ3) is 3.65. The molecule has 0 aliphatic carbocycles. The Morgan fingerprint density at radius 3 is 2.43 bits per heavy atom. The number of amides is 2.